The fraction of sp³-hybridized carbons (Fsp3) is 1.00. The molecule has 0 aromatic heterocycles. The van der Waals surface area contributed by atoms with E-state index in [1.54, 1.807) is 0 Å². The zero-order valence-corrected chi connectivity index (χ0v) is 7.49. The molecule has 60 valence electrons. The molecule has 1 aliphatic rings. The first-order valence-corrected chi connectivity index (χ1v) is 5.21. The van der Waals surface area contributed by atoms with Crippen molar-refractivity contribution in [2.24, 2.45) is 11.7 Å². The molecule has 1 saturated heterocycles. The van der Waals surface area contributed by atoms with Gasteiger partial charge in [-0.05, 0) is 37.5 Å². The van der Waals surface area contributed by atoms with Gasteiger partial charge in [0.1, 0.15) is 0 Å². The lowest BCUT2D eigenvalue weighted by Crippen LogP contribution is -2.15. The summed E-state index contributed by atoms with van der Waals surface area (Å²) < 4.78 is 0. The van der Waals surface area contributed by atoms with Crippen LogP contribution in [0.3, 0.4) is 0 Å². The van der Waals surface area contributed by atoms with Gasteiger partial charge in [-0.1, -0.05) is 6.92 Å². The zero-order chi connectivity index (χ0) is 7.40. The number of hydrogen-bond donors (Lipinski definition) is 1. The second-order valence-electron chi connectivity index (χ2n) is 3.11. The highest BCUT2D eigenvalue weighted by Crippen LogP contribution is 2.32. The summed E-state index contributed by atoms with van der Waals surface area (Å²) in [4.78, 5) is 0. The van der Waals surface area contributed by atoms with E-state index in [2.05, 4.69) is 18.7 Å². The van der Waals surface area contributed by atoms with Crippen molar-refractivity contribution >= 4 is 11.8 Å². The minimum atomic E-state index is 0.845. The summed E-state index contributed by atoms with van der Waals surface area (Å²) in [5, 5.41) is 0.920. The lowest BCUT2D eigenvalue weighted by Gasteiger charge is -2.16. The first kappa shape index (κ1) is 8.41. The van der Waals surface area contributed by atoms with Crippen LogP contribution in [0.15, 0.2) is 0 Å². The summed E-state index contributed by atoms with van der Waals surface area (Å²) in [5.74, 6) is 2.22. The van der Waals surface area contributed by atoms with Crippen molar-refractivity contribution in [2.75, 3.05) is 12.3 Å². The van der Waals surface area contributed by atoms with Crippen LogP contribution in [-0.4, -0.2) is 17.5 Å². The van der Waals surface area contributed by atoms with Gasteiger partial charge < -0.3 is 5.73 Å². The van der Waals surface area contributed by atoms with E-state index < -0.39 is 0 Å². The normalized spacial score (nSPS) is 28.8. The van der Waals surface area contributed by atoms with Crippen molar-refractivity contribution in [3.05, 3.63) is 0 Å². The molecule has 1 aliphatic heterocycles. The standard InChI is InChI=1S/C8H17NS/c1-7(4-5-9)8-3-2-6-10-8/h7-8H,2-6,9H2,1H3. The monoisotopic (exact) mass is 159 g/mol. The summed E-state index contributed by atoms with van der Waals surface area (Å²) in [6.07, 6.45) is 4.05. The maximum Gasteiger partial charge on any atom is 0.00734 e. The lowest BCUT2D eigenvalue weighted by molar-refractivity contribution is 0.505. The summed E-state index contributed by atoms with van der Waals surface area (Å²) in [7, 11) is 0. The van der Waals surface area contributed by atoms with E-state index in [1.165, 1.54) is 25.0 Å². The van der Waals surface area contributed by atoms with Gasteiger partial charge in [-0.25, -0.2) is 0 Å². The predicted octanol–water partition coefficient (Wildman–Crippen LogP) is 1.87. The van der Waals surface area contributed by atoms with Gasteiger partial charge in [0.15, 0.2) is 0 Å². The van der Waals surface area contributed by atoms with Crippen LogP contribution in [0.4, 0.5) is 0 Å². The quantitative estimate of drug-likeness (QED) is 0.680. The molecule has 0 radical (unpaired) electrons. The maximum absolute atomic E-state index is 5.49. The molecule has 0 amide bonds. The second kappa shape index (κ2) is 4.24. The number of nitrogens with two attached hydrogens (primary N) is 1. The highest BCUT2D eigenvalue weighted by molar-refractivity contribution is 8.00. The fourth-order valence-corrected chi connectivity index (χ4v) is 2.93. The smallest absolute Gasteiger partial charge is 0.00734 e. The maximum atomic E-state index is 5.49. The van der Waals surface area contributed by atoms with Crippen molar-refractivity contribution in [3.63, 3.8) is 0 Å². The molecule has 0 aliphatic carbocycles. The minimum Gasteiger partial charge on any atom is -0.330 e. The van der Waals surface area contributed by atoms with E-state index in [9.17, 15) is 0 Å². The Labute approximate surface area is 67.8 Å². The summed E-state index contributed by atoms with van der Waals surface area (Å²) in [6, 6.07) is 0. The van der Waals surface area contributed by atoms with Crippen LogP contribution in [0.5, 0.6) is 0 Å². The third-order valence-electron chi connectivity index (χ3n) is 2.22. The summed E-state index contributed by atoms with van der Waals surface area (Å²) in [5.41, 5.74) is 5.49. The molecule has 0 aromatic carbocycles. The highest BCUT2D eigenvalue weighted by atomic mass is 32.2. The van der Waals surface area contributed by atoms with E-state index in [0.29, 0.717) is 0 Å². The summed E-state index contributed by atoms with van der Waals surface area (Å²) in [6.45, 7) is 3.19. The van der Waals surface area contributed by atoms with Gasteiger partial charge in [-0.15, -0.1) is 0 Å². The fourth-order valence-electron chi connectivity index (χ4n) is 1.50. The van der Waals surface area contributed by atoms with Gasteiger partial charge >= 0.3 is 0 Å². The third-order valence-corrected chi connectivity index (χ3v) is 3.87. The molecule has 1 nitrogen and oxygen atoms in total. The van der Waals surface area contributed by atoms with Gasteiger partial charge in [0, 0.05) is 5.25 Å². The van der Waals surface area contributed by atoms with Crippen molar-refractivity contribution in [1.29, 1.82) is 0 Å². The van der Waals surface area contributed by atoms with Gasteiger partial charge in [-0.2, -0.15) is 11.8 Å². The average Bonchev–Trinajstić information content (AvgIpc) is 2.38. The molecular weight excluding hydrogens is 142 g/mol. The van der Waals surface area contributed by atoms with Gasteiger partial charge in [0.25, 0.3) is 0 Å². The van der Waals surface area contributed by atoms with Crippen LogP contribution >= 0.6 is 11.8 Å². The Morgan fingerprint density at radius 1 is 1.70 bits per heavy atom. The molecule has 10 heavy (non-hydrogen) atoms. The van der Waals surface area contributed by atoms with Crippen LogP contribution in [0.2, 0.25) is 0 Å². The SMILES string of the molecule is CC(CCN)C1CCCS1. The van der Waals surface area contributed by atoms with Crippen molar-refractivity contribution in [2.45, 2.75) is 31.4 Å². The topological polar surface area (TPSA) is 26.0 Å². The predicted molar refractivity (Wildman–Crippen MR) is 48.3 cm³/mol. The van der Waals surface area contributed by atoms with Crippen LogP contribution in [0.25, 0.3) is 0 Å². The van der Waals surface area contributed by atoms with E-state index in [-0.39, 0.29) is 0 Å². The average molecular weight is 159 g/mol. The molecule has 1 heterocycles. The first-order chi connectivity index (χ1) is 4.84. The van der Waals surface area contributed by atoms with E-state index >= 15 is 0 Å². The number of hydrogen-bond acceptors (Lipinski definition) is 2. The molecule has 2 atom stereocenters. The molecule has 2 unspecified atom stereocenters. The van der Waals surface area contributed by atoms with Crippen molar-refractivity contribution < 1.29 is 0 Å². The minimum absolute atomic E-state index is 0.845. The van der Waals surface area contributed by atoms with E-state index in [1.807, 2.05) is 0 Å². The lowest BCUT2D eigenvalue weighted by atomic mass is 10.0. The van der Waals surface area contributed by atoms with E-state index in [0.717, 1.165) is 17.7 Å². The van der Waals surface area contributed by atoms with Crippen molar-refractivity contribution in [1.82, 2.24) is 0 Å². The van der Waals surface area contributed by atoms with E-state index in [4.69, 9.17) is 5.73 Å². The molecule has 1 rings (SSSR count). The Morgan fingerprint density at radius 3 is 3.00 bits per heavy atom. The molecular formula is C8H17NS. The van der Waals surface area contributed by atoms with Crippen molar-refractivity contribution in [3.8, 4) is 0 Å². The third kappa shape index (κ3) is 2.17. The van der Waals surface area contributed by atoms with Gasteiger partial charge in [0.05, 0.1) is 0 Å². The van der Waals surface area contributed by atoms with Gasteiger partial charge in [0.2, 0.25) is 0 Å². The highest BCUT2D eigenvalue weighted by Gasteiger charge is 2.20. The second-order valence-corrected chi connectivity index (χ2v) is 4.45. The molecule has 1 fully saturated rings. The Bertz CT molecular complexity index is 89.3. The Hall–Kier alpha value is 0.310. The Kier molecular flexibility index (Phi) is 3.57. The van der Waals surface area contributed by atoms with Crippen LogP contribution < -0.4 is 5.73 Å². The van der Waals surface area contributed by atoms with Crippen LogP contribution in [-0.2, 0) is 0 Å². The molecule has 0 bridgehead atoms. The molecule has 2 heteroatoms. The van der Waals surface area contributed by atoms with Crippen LogP contribution in [0, 0.1) is 5.92 Å². The largest absolute Gasteiger partial charge is 0.330 e. The number of thioether (sulfide) groups is 1. The molecule has 2 N–H and O–H groups in total. The number of rotatable bonds is 3. The van der Waals surface area contributed by atoms with Crippen LogP contribution in [0.1, 0.15) is 26.2 Å². The molecule has 0 spiro atoms. The first-order valence-electron chi connectivity index (χ1n) is 4.16. The Balaban J connectivity index is 2.18. The molecule has 0 aromatic rings. The molecule has 0 saturated carbocycles. The zero-order valence-electron chi connectivity index (χ0n) is 6.68. The van der Waals surface area contributed by atoms with Gasteiger partial charge in [-0.3, -0.25) is 0 Å². The summed E-state index contributed by atoms with van der Waals surface area (Å²) >= 11 is 2.13. The Morgan fingerprint density at radius 2 is 2.50 bits per heavy atom.